The van der Waals surface area contributed by atoms with Crippen molar-refractivity contribution in [1.29, 1.82) is 0 Å². The molecule has 0 saturated heterocycles. The summed E-state index contributed by atoms with van der Waals surface area (Å²) in [5.41, 5.74) is 0.846. The molecule has 1 atom stereocenters. The van der Waals surface area contributed by atoms with Crippen LogP contribution in [0.5, 0.6) is 5.75 Å². The molecular formula is C28H28F2N6O4. The third-order valence-corrected chi connectivity index (χ3v) is 6.70. The van der Waals surface area contributed by atoms with Gasteiger partial charge in [0, 0.05) is 55.4 Å². The van der Waals surface area contributed by atoms with E-state index < -0.39 is 35.2 Å². The summed E-state index contributed by atoms with van der Waals surface area (Å²) in [6, 6.07) is 3.78. The molecule has 1 N–H and O–H groups in total. The lowest BCUT2D eigenvalue weighted by molar-refractivity contribution is -0.125. The van der Waals surface area contributed by atoms with Gasteiger partial charge in [0.25, 0.3) is 11.8 Å². The van der Waals surface area contributed by atoms with Crippen LogP contribution in [0.2, 0.25) is 0 Å². The molecule has 3 aromatic heterocycles. The molecule has 0 aliphatic carbocycles. The number of ether oxygens (including phenoxy) is 1. The topological polar surface area (TPSA) is 113 Å². The molecule has 1 aromatic carbocycles. The number of aryl methyl sites for hydroxylation is 1. The molecule has 10 nitrogen and oxygen atoms in total. The van der Waals surface area contributed by atoms with Crippen LogP contribution < -0.4 is 9.64 Å². The van der Waals surface area contributed by atoms with E-state index in [1.54, 1.807) is 39.3 Å². The van der Waals surface area contributed by atoms with Crippen LogP contribution in [0, 0.1) is 18.6 Å². The molecule has 5 rings (SSSR count). The number of carbonyl (C=O) groups is 2. The predicted molar refractivity (Wildman–Crippen MR) is 142 cm³/mol. The van der Waals surface area contributed by atoms with Crippen molar-refractivity contribution < 1.29 is 28.2 Å². The third-order valence-electron chi connectivity index (χ3n) is 6.70. The Balaban J connectivity index is 1.61. The van der Waals surface area contributed by atoms with Crippen molar-refractivity contribution in [2.45, 2.75) is 45.9 Å². The van der Waals surface area contributed by atoms with Gasteiger partial charge in [0.1, 0.15) is 17.1 Å². The molecule has 12 heteroatoms. The zero-order valence-corrected chi connectivity index (χ0v) is 22.9. The fourth-order valence-corrected chi connectivity index (χ4v) is 4.57. The van der Waals surface area contributed by atoms with E-state index in [-0.39, 0.29) is 34.9 Å². The van der Waals surface area contributed by atoms with E-state index in [0.717, 1.165) is 6.07 Å². The zero-order chi connectivity index (χ0) is 29.1. The van der Waals surface area contributed by atoms with E-state index in [9.17, 15) is 14.7 Å². The Hall–Kier alpha value is -4.45. The summed E-state index contributed by atoms with van der Waals surface area (Å²) >= 11 is 0. The predicted octanol–water partition coefficient (Wildman–Crippen LogP) is 3.62. The maximum atomic E-state index is 15.2. The van der Waals surface area contributed by atoms with Gasteiger partial charge < -0.3 is 19.1 Å². The number of rotatable bonds is 5. The standard InChI is InChI=1S/C28H28F2N6O4/c1-14-22(13-36-21-8-16(26(38)34(5)6)7-20(30)24(21)40-15(2)25(36)37)35-12-18(19(29)9-23(35)33-14)17-10-31-27(32-11-17)28(3,4)39/h7-12,15,39H,13H2,1-6H3. The van der Waals surface area contributed by atoms with Crippen LogP contribution in [0.4, 0.5) is 14.5 Å². The highest BCUT2D eigenvalue weighted by Gasteiger charge is 2.35. The number of amides is 2. The van der Waals surface area contributed by atoms with Crippen molar-refractivity contribution in [3.8, 4) is 16.9 Å². The Morgan fingerprint density at radius 1 is 1.15 bits per heavy atom. The zero-order valence-electron chi connectivity index (χ0n) is 22.9. The minimum Gasteiger partial charge on any atom is -0.476 e. The molecule has 1 unspecified atom stereocenters. The molecule has 0 saturated carbocycles. The number of carbonyl (C=O) groups excluding carboxylic acids is 2. The second-order valence-corrected chi connectivity index (χ2v) is 10.5. The number of hydrogen-bond donors (Lipinski definition) is 1. The van der Waals surface area contributed by atoms with Gasteiger partial charge in [0.15, 0.2) is 23.5 Å². The number of imidazole rings is 1. The molecule has 0 spiro atoms. The van der Waals surface area contributed by atoms with Gasteiger partial charge in [0.05, 0.1) is 23.6 Å². The Morgan fingerprint density at radius 2 is 1.82 bits per heavy atom. The maximum absolute atomic E-state index is 15.2. The molecule has 208 valence electrons. The van der Waals surface area contributed by atoms with Crippen LogP contribution in [0.1, 0.15) is 48.3 Å². The minimum atomic E-state index is -1.26. The highest BCUT2D eigenvalue weighted by molar-refractivity contribution is 6.02. The Labute approximate surface area is 228 Å². The second-order valence-electron chi connectivity index (χ2n) is 10.5. The number of hydrogen-bond acceptors (Lipinski definition) is 7. The van der Waals surface area contributed by atoms with Crippen molar-refractivity contribution >= 4 is 23.1 Å². The van der Waals surface area contributed by atoms with E-state index in [4.69, 9.17) is 4.74 Å². The molecule has 0 fully saturated rings. The van der Waals surface area contributed by atoms with Crippen molar-refractivity contribution in [3.63, 3.8) is 0 Å². The monoisotopic (exact) mass is 550 g/mol. The second kappa shape index (κ2) is 9.63. The summed E-state index contributed by atoms with van der Waals surface area (Å²) in [7, 11) is 3.09. The van der Waals surface area contributed by atoms with Crippen molar-refractivity contribution in [2.24, 2.45) is 0 Å². The van der Waals surface area contributed by atoms with Gasteiger partial charge in [0.2, 0.25) is 0 Å². The van der Waals surface area contributed by atoms with Crippen LogP contribution in [-0.4, -0.2) is 61.4 Å². The van der Waals surface area contributed by atoms with E-state index in [1.165, 1.54) is 47.4 Å². The van der Waals surface area contributed by atoms with Gasteiger partial charge in [-0.15, -0.1) is 0 Å². The maximum Gasteiger partial charge on any atom is 0.268 e. The first kappa shape index (κ1) is 27.1. The molecule has 1 aliphatic heterocycles. The lowest BCUT2D eigenvalue weighted by Crippen LogP contribution is -2.44. The summed E-state index contributed by atoms with van der Waals surface area (Å²) in [5.74, 6) is -2.13. The van der Waals surface area contributed by atoms with Gasteiger partial charge in [-0.1, -0.05) is 0 Å². The molecule has 0 radical (unpaired) electrons. The Kier molecular flexibility index (Phi) is 6.53. The molecule has 2 amide bonds. The van der Waals surface area contributed by atoms with Gasteiger partial charge in [-0.05, 0) is 39.8 Å². The fraction of sp³-hybridized carbons (Fsp3) is 0.321. The number of aliphatic hydroxyl groups is 1. The first-order valence-electron chi connectivity index (χ1n) is 12.5. The summed E-state index contributed by atoms with van der Waals surface area (Å²) < 4.78 is 37.5. The van der Waals surface area contributed by atoms with Gasteiger partial charge in [-0.25, -0.2) is 23.7 Å². The molecular weight excluding hydrogens is 522 g/mol. The third kappa shape index (κ3) is 4.64. The quantitative estimate of drug-likeness (QED) is 0.404. The number of nitrogens with zero attached hydrogens (tertiary/aromatic N) is 6. The Bertz CT molecular complexity index is 1660. The van der Waals surface area contributed by atoms with Crippen LogP contribution in [0.3, 0.4) is 0 Å². The lowest BCUT2D eigenvalue weighted by Gasteiger charge is -2.33. The average molecular weight is 551 g/mol. The number of benzene rings is 1. The number of pyridine rings is 1. The van der Waals surface area contributed by atoms with Crippen LogP contribution >= 0.6 is 0 Å². The molecule has 40 heavy (non-hydrogen) atoms. The van der Waals surface area contributed by atoms with Crippen molar-refractivity contribution in [2.75, 3.05) is 19.0 Å². The van der Waals surface area contributed by atoms with Crippen molar-refractivity contribution in [3.05, 3.63) is 71.2 Å². The summed E-state index contributed by atoms with van der Waals surface area (Å²) in [5, 5.41) is 10.1. The first-order chi connectivity index (χ1) is 18.8. The number of halogens is 2. The Morgan fingerprint density at radius 3 is 2.45 bits per heavy atom. The normalized spacial score (nSPS) is 15.3. The summed E-state index contributed by atoms with van der Waals surface area (Å²) in [6.45, 7) is 6.29. The van der Waals surface area contributed by atoms with Crippen LogP contribution in [-0.2, 0) is 16.9 Å². The average Bonchev–Trinajstić information content (AvgIpc) is 3.19. The van der Waals surface area contributed by atoms with Gasteiger partial charge in [-0.3, -0.25) is 14.5 Å². The highest BCUT2D eigenvalue weighted by atomic mass is 19.1. The van der Waals surface area contributed by atoms with Crippen LogP contribution in [0.25, 0.3) is 16.8 Å². The van der Waals surface area contributed by atoms with Crippen molar-refractivity contribution in [1.82, 2.24) is 24.3 Å². The molecule has 4 heterocycles. The molecule has 1 aliphatic rings. The first-order valence-corrected chi connectivity index (χ1v) is 12.5. The number of aromatic nitrogens is 4. The van der Waals surface area contributed by atoms with E-state index >= 15 is 8.78 Å². The summed E-state index contributed by atoms with van der Waals surface area (Å²) in [6.07, 6.45) is 3.40. The SMILES string of the molecule is Cc1nc2cc(F)c(-c3cnc(C(C)(C)O)nc3)cn2c1CN1C(=O)C(C)Oc2c(F)cc(C(=O)N(C)C)cc21. The minimum absolute atomic E-state index is 0.0508. The highest BCUT2D eigenvalue weighted by Crippen LogP contribution is 2.39. The van der Waals surface area contributed by atoms with Gasteiger partial charge >= 0.3 is 0 Å². The number of fused-ring (bicyclic) bond motifs is 2. The molecule has 0 bridgehead atoms. The van der Waals surface area contributed by atoms with Crippen LogP contribution in [0.15, 0.2) is 36.8 Å². The largest absolute Gasteiger partial charge is 0.476 e. The van der Waals surface area contributed by atoms with E-state index in [2.05, 4.69) is 15.0 Å². The number of anilines is 1. The fourth-order valence-electron chi connectivity index (χ4n) is 4.57. The van der Waals surface area contributed by atoms with E-state index in [0.29, 0.717) is 22.6 Å². The lowest BCUT2D eigenvalue weighted by atomic mass is 10.1. The smallest absolute Gasteiger partial charge is 0.268 e. The van der Waals surface area contributed by atoms with Gasteiger partial charge in [-0.2, -0.15) is 0 Å². The molecule has 4 aromatic rings. The van der Waals surface area contributed by atoms with E-state index in [1.807, 2.05) is 0 Å². The summed E-state index contributed by atoms with van der Waals surface area (Å²) in [4.78, 5) is 41.4.